The molecule has 0 amide bonds. The number of aryl methyl sites for hydroxylation is 1. The summed E-state index contributed by atoms with van der Waals surface area (Å²) in [4.78, 5) is 14.2. The van der Waals surface area contributed by atoms with Gasteiger partial charge in [-0.1, -0.05) is 18.2 Å². The van der Waals surface area contributed by atoms with Gasteiger partial charge in [-0.05, 0) is 42.3 Å². The summed E-state index contributed by atoms with van der Waals surface area (Å²) in [5.41, 5.74) is 2.51. The number of esters is 1. The van der Waals surface area contributed by atoms with Crippen molar-refractivity contribution in [1.82, 2.24) is 0 Å². The second-order valence-corrected chi connectivity index (χ2v) is 4.58. The standard InChI is InChI=1S/C17H15NO3/c1-12-4-7-17(10-14(12)11-20-13(2)19)21-16-8-5-15(18-3)6-9-16/h4-10H,11H2,1-2H3. The Hall–Kier alpha value is -2.80. The molecule has 0 aliphatic rings. The minimum absolute atomic E-state index is 0.231. The second-order valence-electron chi connectivity index (χ2n) is 4.58. The van der Waals surface area contributed by atoms with Crippen molar-refractivity contribution in [3.63, 3.8) is 0 Å². The molecule has 0 radical (unpaired) electrons. The molecule has 0 heterocycles. The maximum absolute atomic E-state index is 10.9. The summed E-state index contributed by atoms with van der Waals surface area (Å²) in [6, 6.07) is 12.5. The van der Waals surface area contributed by atoms with Crippen LogP contribution in [0.3, 0.4) is 0 Å². The van der Waals surface area contributed by atoms with Crippen LogP contribution >= 0.6 is 0 Å². The molecular formula is C17H15NO3. The predicted octanol–water partition coefficient (Wildman–Crippen LogP) is 4.40. The first-order valence-corrected chi connectivity index (χ1v) is 6.47. The molecule has 21 heavy (non-hydrogen) atoms. The van der Waals surface area contributed by atoms with E-state index in [1.54, 1.807) is 24.3 Å². The lowest BCUT2D eigenvalue weighted by molar-refractivity contribution is -0.142. The molecule has 0 aliphatic heterocycles. The first-order valence-electron chi connectivity index (χ1n) is 6.47. The largest absolute Gasteiger partial charge is 0.461 e. The highest BCUT2D eigenvalue weighted by Crippen LogP contribution is 2.26. The van der Waals surface area contributed by atoms with Gasteiger partial charge in [-0.15, -0.1) is 0 Å². The highest BCUT2D eigenvalue weighted by atomic mass is 16.5. The molecule has 0 aliphatic carbocycles. The number of carbonyl (C=O) groups is 1. The second kappa shape index (κ2) is 6.58. The van der Waals surface area contributed by atoms with Crippen LogP contribution in [0.15, 0.2) is 42.5 Å². The smallest absolute Gasteiger partial charge is 0.302 e. The summed E-state index contributed by atoms with van der Waals surface area (Å²) in [5.74, 6) is 1.01. The highest BCUT2D eigenvalue weighted by molar-refractivity contribution is 5.66. The van der Waals surface area contributed by atoms with E-state index in [4.69, 9.17) is 16.0 Å². The third-order valence-electron chi connectivity index (χ3n) is 2.95. The van der Waals surface area contributed by atoms with Crippen LogP contribution in [0.2, 0.25) is 0 Å². The first kappa shape index (κ1) is 14.6. The molecule has 2 rings (SSSR count). The maximum Gasteiger partial charge on any atom is 0.302 e. The molecule has 0 aromatic heterocycles. The van der Waals surface area contributed by atoms with Gasteiger partial charge in [0.15, 0.2) is 5.69 Å². The fraction of sp³-hybridized carbons (Fsp3) is 0.176. The monoisotopic (exact) mass is 281 g/mol. The van der Waals surface area contributed by atoms with Gasteiger partial charge in [-0.25, -0.2) is 4.85 Å². The van der Waals surface area contributed by atoms with E-state index < -0.39 is 0 Å². The lowest BCUT2D eigenvalue weighted by Crippen LogP contribution is -2.00. The van der Waals surface area contributed by atoms with Crippen LogP contribution in [0.4, 0.5) is 5.69 Å². The number of benzene rings is 2. The van der Waals surface area contributed by atoms with E-state index >= 15 is 0 Å². The Morgan fingerprint density at radius 1 is 1.14 bits per heavy atom. The molecule has 2 aromatic rings. The molecule has 0 saturated heterocycles. The Morgan fingerprint density at radius 3 is 2.43 bits per heavy atom. The zero-order valence-electron chi connectivity index (χ0n) is 11.9. The molecular weight excluding hydrogens is 266 g/mol. The van der Waals surface area contributed by atoms with E-state index in [0.717, 1.165) is 11.1 Å². The zero-order valence-corrected chi connectivity index (χ0v) is 11.9. The van der Waals surface area contributed by atoms with Gasteiger partial charge in [0.1, 0.15) is 18.1 Å². The van der Waals surface area contributed by atoms with E-state index in [0.29, 0.717) is 17.2 Å². The summed E-state index contributed by atoms with van der Waals surface area (Å²) in [7, 11) is 0. The molecule has 0 N–H and O–H groups in total. The summed E-state index contributed by atoms with van der Waals surface area (Å²) in [5, 5.41) is 0. The van der Waals surface area contributed by atoms with Crippen molar-refractivity contribution in [1.29, 1.82) is 0 Å². The van der Waals surface area contributed by atoms with Crippen molar-refractivity contribution in [3.05, 3.63) is 65.0 Å². The Bertz CT molecular complexity index is 684. The van der Waals surface area contributed by atoms with Gasteiger partial charge < -0.3 is 9.47 Å². The Balaban J connectivity index is 2.14. The van der Waals surface area contributed by atoms with Gasteiger partial charge in [0.2, 0.25) is 0 Å². The van der Waals surface area contributed by atoms with E-state index in [2.05, 4.69) is 4.85 Å². The SMILES string of the molecule is [C-]#[N+]c1ccc(Oc2ccc(C)c(COC(C)=O)c2)cc1. The molecule has 0 fully saturated rings. The van der Waals surface area contributed by atoms with E-state index in [1.807, 2.05) is 25.1 Å². The van der Waals surface area contributed by atoms with Crippen molar-refractivity contribution in [3.8, 4) is 11.5 Å². The summed E-state index contributed by atoms with van der Waals surface area (Å²) in [6.07, 6.45) is 0. The number of hydrogen-bond acceptors (Lipinski definition) is 3. The van der Waals surface area contributed by atoms with Crippen molar-refractivity contribution in [2.45, 2.75) is 20.5 Å². The van der Waals surface area contributed by atoms with E-state index in [1.165, 1.54) is 6.92 Å². The topological polar surface area (TPSA) is 39.9 Å². The number of rotatable bonds is 4. The Morgan fingerprint density at radius 2 is 1.81 bits per heavy atom. The van der Waals surface area contributed by atoms with E-state index in [-0.39, 0.29) is 12.6 Å². The molecule has 0 unspecified atom stereocenters. The number of carbonyl (C=O) groups excluding carboxylic acids is 1. The molecule has 0 bridgehead atoms. The van der Waals surface area contributed by atoms with Crippen LogP contribution in [-0.4, -0.2) is 5.97 Å². The number of hydrogen-bond donors (Lipinski definition) is 0. The first-order chi connectivity index (χ1) is 10.1. The van der Waals surface area contributed by atoms with Gasteiger partial charge in [0.25, 0.3) is 0 Å². The minimum Gasteiger partial charge on any atom is -0.461 e. The van der Waals surface area contributed by atoms with Crippen LogP contribution in [0, 0.1) is 13.5 Å². The van der Waals surface area contributed by atoms with Crippen LogP contribution in [0.5, 0.6) is 11.5 Å². The third-order valence-corrected chi connectivity index (χ3v) is 2.95. The summed E-state index contributed by atoms with van der Waals surface area (Å²) in [6.45, 7) is 10.5. The quantitative estimate of drug-likeness (QED) is 0.616. The van der Waals surface area contributed by atoms with Crippen LogP contribution in [0.25, 0.3) is 4.85 Å². The average Bonchev–Trinajstić information content (AvgIpc) is 2.48. The molecule has 2 aromatic carbocycles. The van der Waals surface area contributed by atoms with Crippen molar-refractivity contribution < 1.29 is 14.3 Å². The highest BCUT2D eigenvalue weighted by Gasteiger charge is 2.05. The van der Waals surface area contributed by atoms with Gasteiger partial charge in [-0.3, -0.25) is 4.79 Å². The Labute approximate surface area is 123 Å². The normalized spacial score (nSPS) is 9.76. The molecule has 0 saturated carbocycles. The maximum atomic E-state index is 10.9. The number of nitrogens with zero attached hydrogens (tertiary/aromatic N) is 1. The van der Waals surface area contributed by atoms with Crippen molar-refractivity contribution in [2.24, 2.45) is 0 Å². The molecule has 106 valence electrons. The minimum atomic E-state index is -0.310. The van der Waals surface area contributed by atoms with Gasteiger partial charge >= 0.3 is 5.97 Å². The number of ether oxygens (including phenoxy) is 2. The zero-order chi connectivity index (χ0) is 15.2. The average molecular weight is 281 g/mol. The molecule has 0 atom stereocenters. The summed E-state index contributed by atoms with van der Waals surface area (Å²) < 4.78 is 10.8. The fourth-order valence-corrected chi connectivity index (χ4v) is 1.77. The van der Waals surface area contributed by atoms with Gasteiger partial charge in [0, 0.05) is 6.92 Å². The molecule has 4 nitrogen and oxygen atoms in total. The fourth-order valence-electron chi connectivity index (χ4n) is 1.77. The van der Waals surface area contributed by atoms with Gasteiger partial charge in [-0.2, -0.15) is 0 Å². The van der Waals surface area contributed by atoms with E-state index in [9.17, 15) is 4.79 Å². The van der Waals surface area contributed by atoms with Crippen LogP contribution in [-0.2, 0) is 16.1 Å². The summed E-state index contributed by atoms with van der Waals surface area (Å²) >= 11 is 0. The lowest BCUT2D eigenvalue weighted by Gasteiger charge is -2.10. The Kier molecular flexibility index (Phi) is 4.57. The van der Waals surface area contributed by atoms with Crippen molar-refractivity contribution >= 4 is 11.7 Å². The predicted molar refractivity (Wildman–Crippen MR) is 79.4 cm³/mol. The van der Waals surface area contributed by atoms with Crippen molar-refractivity contribution in [2.75, 3.05) is 0 Å². The lowest BCUT2D eigenvalue weighted by atomic mass is 10.1. The molecule has 0 spiro atoms. The van der Waals surface area contributed by atoms with Crippen LogP contribution in [0.1, 0.15) is 18.1 Å². The third kappa shape index (κ3) is 4.08. The molecule has 4 heteroatoms. The van der Waals surface area contributed by atoms with Gasteiger partial charge in [0.05, 0.1) is 6.57 Å². The van der Waals surface area contributed by atoms with Crippen LogP contribution < -0.4 is 4.74 Å².